The maximum atomic E-state index is 12.0. The third kappa shape index (κ3) is 4.12. The molecular formula is C18H17NOS2. The van der Waals surface area contributed by atoms with Crippen LogP contribution in [0.25, 0.3) is 10.1 Å². The summed E-state index contributed by atoms with van der Waals surface area (Å²) in [5, 5.41) is 6.23. The lowest BCUT2D eigenvalue weighted by Gasteiger charge is -2.05. The molecule has 0 atom stereocenters. The van der Waals surface area contributed by atoms with Gasteiger partial charge < -0.3 is 5.32 Å². The number of hydrogen-bond acceptors (Lipinski definition) is 3. The Morgan fingerprint density at radius 2 is 1.95 bits per heavy atom. The van der Waals surface area contributed by atoms with Crippen molar-refractivity contribution >= 4 is 44.8 Å². The fourth-order valence-corrected chi connectivity index (χ4v) is 3.85. The summed E-state index contributed by atoms with van der Waals surface area (Å²) in [7, 11) is 0. The number of anilines is 1. The molecule has 0 saturated heterocycles. The molecule has 1 heterocycles. The number of hydrogen-bond donors (Lipinski definition) is 1. The van der Waals surface area contributed by atoms with Crippen LogP contribution in [0.3, 0.4) is 0 Å². The fourth-order valence-electron chi connectivity index (χ4n) is 2.21. The zero-order valence-electron chi connectivity index (χ0n) is 12.1. The summed E-state index contributed by atoms with van der Waals surface area (Å²) in [6.45, 7) is 0. The van der Waals surface area contributed by atoms with E-state index in [4.69, 9.17) is 0 Å². The average Bonchev–Trinajstić information content (AvgIpc) is 3.00. The van der Waals surface area contributed by atoms with Crippen molar-refractivity contribution in [2.75, 3.05) is 11.1 Å². The van der Waals surface area contributed by atoms with Crippen LogP contribution in [0.4, 0.5) is 5.69 Å². The first-order chi connectivity index (χ1) is 10.8. The van der Waals surface area contributed by atoms with Crippen molar-refractivity contribution < 1.29 is 4.79 Å². The van der Waals surface area contributed by atoms with Crippen LogP contribution in [-0.4, -0.2) is 11.7 Å². The van der Waals surface area contributed by atoms with Gasteiger partial charge in [-0.15, -0.1) is 23.1 Å². The second kappa shape index (κ2) is 7.47. The molecule has 112 valence electrons. The van der Waals surface area contributed by atoms with E-state index in [2.05, 4.69) is 35.0 Å². The third-order valence-corrected chi connectivity index (χ3v) is 5.29. The number of nitrogens with one attached hydrogen (secondary N) is 1. The summed E-state index contributed by atoms with van der Waals surface area (Å²) in [5.74, 6) is 1.05. The molecule has 0 saturated carbocycles. The van der Waals surface area contributed by atoms with Crippen LogP contribution in [0.2, 0.25) is 0 Å². The van der Waals surface area contributed by atoms with E-state index >= 15 is 0 Å². The second-order valence-corrected chi connectivity index (χ2v) is 7.10. The van der Waals surface area contributed by atoms with E-state index in [1.54, 1.807) is 23.1 Å². The van der Waals surface area contributed by atoms with Crippen LogP contribution in [0, 0.1) is 0 Å². The first-order valence-corrected chi connectivity index (χ1v) is 9.13. The molecule has 0 aliphatic heterocycles. The zero-order valence-corrected chi connectivity index (χ0v) is 13.8. The third-order valence-electron chi connectivity index (χ3n) is 3.30. The van der Waals surface area contributed by atoms with Crippen molar-refractivity contribution in [1.82, 2.24) is 0 Å². The monoisotopic (exact) mass is 327 g/mol. The molecule has 1 amide bonds. The van der Waals surface area contributed by atoms with Gasteiger partial charge in [-0.25, -0.2) is 0 Å². The number of thioether (sulfide) groups is 1. The van der Waals surface area contributed by atoms with Gasteiger partial charge in [-0.1, -0.05) is 18.2 Å². The van der Waals surface area contributed by atoms with Gasteiger partial charge in [0.25, 0.3) is 0 Å². The molecule has 22 heavy (non-hydrogen) atoms. The molecule has 0 fully saturated rings. The molecule has 0 spiro atoms. The molecule has 0 radical (unpaired) electrons. The highest BCUT2D eigenvalue weighted by molar-refractivity contribution is 7.99. The van der Waals surface area contributed by atoms with Crippen molar-refractivity contribution in [1.29, 1.82) is 0 Å². The van der Waals surface area contributed by atoms with Gasteiger partial charge in [-0.2, -0.15) is 0 Å². The summed E-state index contributed by atoms with van der Waals surface area (Å²) in [6.07, 6.45) is 1.44. The second-order valence-electron chi connectivity index (χ2n) is 4.99. The van der Waals surface area contributed by atoms with Crippen molar-refractivity contribution in [2.24, 2.45) is 0 Å². The first-order valence-electron chi connectivity index (χ1n) is 7.26. The Kier molecular flexibility index (Phi) is 5.14. The lowest BCUT2D eigenvalue weighted by Crippen LogP contribution is -2.11. The summed E-state index contributed by atoms with van der Waals surface area (Å²) in [6, 6.07) is 18.4. The normalized spacial score (nSPS) is 10.7. The van der Waals surface area contributed by atoms with Crippen LogP contribution in [0.15, 0.2) is 64.9 Å². The van der Waals surface area contributed by atoms with Crippen molar-refractivity contribution in [3.8, 4) is 0 Å². The molecule has 4 heteroatoms. The minimum Gasteiger partial charge on any atom is -0.326 e. The fraction of sp³-hybridized carbons (Fsp3) is 0.167. The van der Waals surface area contributed by atoms with Gasteiger partial charge in [0, 0.05) is 21.7 Å². The molecule has 3 rings (SSSR count). The van der Waals surface area contributed by atoms with E-state index in [9.17, 15) is 4.79 Å². The number of fused-ring (bicyclic) bond motifs is 1. The molecule has 1 N–H and O–H groups in total. The maximum absolute atomic E-state index is 12.0. The van der Waals surface area contributed by atoms with E-state index < -0.39 is 0 Å². The van der Waals surface area contributed by atoms with Crippen LogP contribution in [-0.2, 0) is 4.79 Å². The van der Waals surface area contributed by atoms with E-state index in [-0.39, 0.29) is 5.91 Å². The van der Waals surface area contributed by atoms with Crippen molar-refractivity contribution in [2.45, 2.75) is 17.7 Å². The highest BCUT2D eigenvalue weighted by Crippen LogP contribution is 2.24. The zero-order chi connectivity index (χ0) is 15.2. The van der Waals surface area contributed by atoms with Gasteiger partial charge in [0.2, 0.25) is 5.91 Å². The Morgan fingerprint density at radius 3 is 2.82 bits per heavy atom. The van der Waals surface area contributed by atoms with E-state index in [1.807, 2.05) is 30.3 Å². The van der Waals surface area contributed by atoms with Gasteiger partial charge in [-0.05, 0) is 59.3 Å². The van der Waals surface area contributed by atoms with Gasteiger partial charge in [0.15, 0.2) is 0 Å². The lowest BCUT2D eigenvalue weighted by molar-refractivity contribution is -0.116. The Bertz CT molecular complexity index is 752. The summed E-state index contributed by atoms with van der Waals surface area (Å²) < 4.78 is 1.25. The van der Waals surface area contributed by atoms with E-state index in [0.717, 1.165) is 17.9 Å². The Morgan fingerprint density at radius 1 is 1.09 bits per heavy atom. The average molecular weight is 327 g/mol. The molecule has 0 aliphatic rings. The van der Waals surface area contributed by atoms with Crippen LogP contribution in [0.1, 0.15) is 12.8 Å². The van der Waals surface area contributed by atoms with E-state index in [0.29, 0.717) is 6.42 Å². The van der Waals surface area contributed by atoms with Crippen LogP contribution >= 0.6 is 23.1 Å². The number of benzene rings is 2. The van der Waals surface area contributed by atoms with Gasteiger partial charge in [-0.3, -0.25) is 4.79 Å². The van der Waals surface area contributed by atoms with Crippen LogP contribution in [0.5, 0.6) is 0 Å². The molecule has 1 aromatic heterocycles. The molecule has 0 aliphatic carbocycles. The number of carbonyl (C=O) groups excluding carboxylic acids is 1. The largest absolute Gasteiger partial charge is 0.326 e. The van der Waals surface area contributed by atoms with Crippen molar-refractivity contribution in [3.05, 3.63) is 60.0 Å². The van der Waals surface area contributed by atoms with Gasteiger partial charge in [0.1, 0.15) is 0 Å². The summed E-state index contributed by atoms with van der Waals surface area (Å²) in [4.78, 5) is 13.2. The minimum absolute atomic E-state index is 0.0863. The highest BCUT2D eigenvalue weighted by atomic mass is 32.2. The first kappa shape index (κ1) is 15.1. The summed E-state index contributed by atoms with van der Waals surface area (Å²) in [5.41, 5.74) is 0.881. The number of carbonyl (C=O) groups is 1. The number of rotatable bonds is 6. The number of amides is 1. The maximum Gasteiger partial charge on any atom is 0.224 e. The molecule has 2 nitrogen and oxygen atoms in total. The predicted molar refractivity (Wildman–Crippen MR) is 96.9 cm³/mol. The SMILES string of the molecule is O=C(CCCSc1ccccc1)Nc1ccc2sccc2c1. The Labute approximate surface area is 138 Å². The van der Waals surface area contributed by atoms with Gasteiger partial charge >= 0.3 is 0 Å². The Balaban J connectivity index is 1.44. The molecule has 2 aromatic carbocycles. The molecule has 3 aromatic rings. The molecule has 0 unspecified atom stereocenters. The standard InChI is InChI=1S/C18H17NOS2/c20-18(7-4-11-21-16-5-2-1-3-6-16)19-15-8-9-17-14(13-15)10-12-22-17/h1-3,5-6,8-10,12-13H,4,7,11H2,(H,19,20). The van der Waals surface area contributed by atoms with Crippen molar-refractivity contribution in [3.63, 3.8) is 0 Å². The van der Waals surface area contributed by atoms with Gasteiger partial charge in [0.05, 0.1) is 0 Å². The molecular weight excluding hydrogens is 310 g/mol. The Hall–Kier alpha value is -1.78. The lowest BCUT2D eigenvalue weighted by atomic mass is 10.2. The quantitative estimate of drug-likeness (QED) is 0.484. The van der Waals surface area contributed by atoms with E-state index in [1.165, 1.54) is 15.0 Å². The summed E-state index contributed by atoms with van der Waals surface area (Å²) >= 11 is 3.51. The smallest absolute Gasteiger partial charge is 0.224 e. The van der Waals surface area contributed by atoms with Crippen LogP contribution < -0.4 is 5.32 Å². The number of thiophene rings is 1. The topological polar surface area (TPSA) is 29.1 Å². The molecule has 0 bridgehead atoms. The predicted octanol–water partition coefficient (Wildman–Crippen LogP) is 5.41. The highest BCUT2D eigenvalue weighted by Gasteiger charge is 2.04. The minimum atomic E-state index is 0.0863.